The van der Waals surface area contributed by atoms with Gasteiger partial charge in [-0.15, -0.1) is 0 Å². The molecule has 0 aliphatic rings. The van der Waals surface area contributed by atoms with E-state index in [1.165, 1.54) is 0 Å². The van der Waals surface area contributed by atoms with E-state index in [2.05, 4.69) is 15.1 Å². The fourth-order valence-corrected chi connectivity index (χ4v) is 2.04. The largest absolute Gasteiger partial charge is 0.481 e. The molecule has 0 radical (unpaired) electrons. The van der Waals surface area contributed by atoms with Gasteiger partial charge in [-0.25, -0.2) is 4.98 Å². The molecule has 3 aromatic rings. The molecule has 0 saturated heterocycles. The van der Waals surface area contributed by atoms with Gasteiger partial charge in [-0.3, -0.25) is 0 Å². The fourth-order valence-electron chi connectivity index (χ4n) is 1.68. The van der Waals surface area contributed by atoms with E-state index in [0.29, 0.717) is 22.5 Å². The highest BCUT2D eigenvalue weighted by Crippen LogP contribution is 2.23. The van der Waals surface area contributed by atoms with E-state index in [1.54, 1.807) is 30.5 Å². The molecular formula is C14H9Cl2N3O2. The predicted octanol–water partition coefficient (Wildman–Crippen LogP) is 4.02. The topological polar surface area (TPSA) is 61.0 Å². The van der Waals surface area contributed by atoms with Crippen molar-refractivity contribution in [1.29, 1.82) is 0 Å². The first-order valence-electron chi connectivity index (χ1n) is 6.04. The van der Waals surface area contributed by atoms with Crippen LogP contribution in [0, 0.1) is 0 Å². The number of halogens is 2. The minimum atomic E-state index is 0.110. The molecular weight excluding hydrogens is 313 g/mol. The first-order chi connectivity index (χ1) is 10.2. The van der Waals surface area contributed by atoms with Crippen LogP contribution in [-0.4, -0.2) is 15.1 Å². The number of aromatic nitrogens is 3. The average molecular weight is 322 g/mol. The Kier molecular flexibility index (Phi) is 4.03. The molecule has 0 spiro atoms. The summed E-state index contributed by atoms with van der Waals surface area (Å²) in [5.41, 5.74) is 0.775. The third kappa shape index (κ3) is 3.32. The van der Waals surface area contributed by atoms with Crippen LogP contribution in [-0.2, 0) is 6.61 Å². The molecule has 0 aliphatic carbocycles. The lowest BCUT2D eigenvalue weighted by molar-refractivity contribution is 0.242. The number of rotatable bonds is 4. The van der Waals surface area contributed by atoms with Gasteiger partial charge >= 0.3 is 0 Å². The van der Waals surface area contributed by atoms with Crippen molar-refractivity contribution < 1.29 is 9.26 Å². The highest BCUT2D eigenvalue weighted by Gasteiger charge is 2.10. The second-order valence-corrected chi connectivity index (χ2v) is 4.90. The predicted molar refractivity (Wildman–Crippen MR) is 78.3 cm³/mol. The van der Waals surface area contributed by atoms with Gasteiger partial charge in [-0.2, -0.15) is 4.98 Å². The Hall–Kier alpha value is -2.11. The normalized spacial score (nSPS) is 10.6. The maximum Gasteiger partial charge on any atom is 0.264 e. The van der Waals surface area contributed by atoms with Gasteiger partial charge in [0, 0.05) is 16.8 Å². The van der Waals surface area contributed by atoms with Crippen LogP contribution in [0.1, 0.15) is 5.89 Å². The molecule has 106 valence electrons. The first-order valence-corrected chi connectivity index (χ1v) is 6.80. The zero-order chi connectivity index (χ0) is 14.7. The summed E-state index contributed by atoms with van der Waals surface area (Å²) in [6.45, 7) is 0.110. The van der Waals surface area contributed by atoms with Crippen LogP contribution >= 0.6 is 23.2 Å². The molecule has 7 heteroatoms. The summed E-state index contributed by atoms with van der Waals surface area (Å²) in [5.74, 6) is 1.25. The zero-order valence-electron chi connectivity index (χ0n) is 10.7. The summed E-state index contributed by atoms with van der Waals surface area (Å²) in [6.07, 6.45) is 1.58. The number of hydrogen-bond donors (Lipinski definition) is 0. The van der Waals surface area contributed by atoms with Crippen LogP contribution in [0.5, 0.6) is 5.75 Å². The van der Waals surface area contributed by atoms with E-state index in [-0.39, 0.29) is 11.8 Å². The zero-order valence-corrected chi connectivity index (χ0v) is 12.2. The average Bonchev–Trinajstić information content (AvgIpc) is 2.95. The van der Waals surface area contributed by atoms with Gasteiger partial charge in [0.15, 0.2) is 17.5 Å². The number of benzene rings is 1. The molecule has 0 amide bonds. The highest BCUT2D eigenvalue weighted by molar-refractivity contribution is 6.31. The fraction of sp³-hybridized carbons (Fsp3) is 0.0714. The molecule has 0 bridgehead atoms. The van der Waals surface area contributed by atoms with E-state index in [0.717, 1.165) is 5.56 Å². The Morgan fingerprint density at radius 2 is 2.05 bits per heavy atom. The second-order valence-electron chi connectivity index (χ2n) is 4.10. The summed E-state index contributed by atoms with van der Waals surface area (Å²) in [4.78, 5) is 8.15. The molecule has 0 aliphatic heterocycles. The standard InChI is InChI=1S/C14H9Cl2N3O2/c15-10-4-1-3-9(7-10)14-18-12(21-19-14)8-20-11-5-2-6-17-13(11)16/h1-7H,8H2. The van der Waals surface area contributed by atoms with Gasteiger partial charge in [-0.1, -0.05) is 40.5 Å². The van der Waals surface area contributed by atoms with E-state index in [1.807, 2.05) is 12.1 Å². The van der Waals surface area contributed by atoms with Crippen molar-refractivity contribution in [2.24, 2.45) is 0 Å². The molecule has 2 heterocycles. The minimum Gasteiger partial charge on any atom is -0.481 e. The minimum absolute atomic E-state index is 0.110. The highest BCUT2D eigenvalue weighted by atomic mass is 35.5. The number of pyridine rings is 1. The van der Waals surface area contributed by atoms with Crippen molar-refractivity contribution in [1.82, 2.24) is 15.1 Å². The summed E-state index contributed by atoms with van der Waals surface area (Å²) in [6, 6.07) is 10.6. The van der Waals surface area contributed by atoms with Crippen molar-refractivity contribution in [2.45, 2.75) is 6.61 Å². The maximum absolute atomic E-state index is 5.93. The van der Waals surface area contributed by atoms with Crippen LogP contribution in [0.25, 0.3) is 11.4 Å². The molecule has 5 nitrogen and oxygen atoms in total. The monoisotopic (exact) mass is 321 g/mol. The van der Waals surface area contributed by atoms with Crippen molar-refractivity contribution in [3.8, 4) is 17.1 Å². The Morgan fingerprint density at radius 1 is 1.14 bits per heavy atom. The molecule has 0 saturated carbocycles. The van der Waals surface area contributed by atoms with E-state index in [9.17, 15) is 0 Å². The van der Waals surface area contributed by atoms with Crippen molar-refractivity contribution >= 4 is 23.2 Å². The molecule has 0 atom stereocenters. The molecule has 0 fully saturated rings. The maximum atomic E-state index is 5.93. The lowest BCUT2D eigenvalue weighted by Gasteiger charge is -2.03. The third-order valence-electron chi connectivity index (χ3n) is 2.63. The van der Waals surface area contributed by atoms with Crippen LogP contribution in [0.3, 0.4) is 0 Å². The van der Waals surface area contributed by atoms with Crippen molar-refractivity contribution in [2.75, 3.05) is 0 Å². The van der Waals surface area contributed by atoms with Crippen LogP contribution in [0.15, 0.2) is 47.1 Å². The summed E-state index contributed by atoms with van der Waals surface area (Å²) < 4.78 is 10.6. The summed E-state index contributed by atoms with van der Waals surface area (Å²) in [7, 11) is 0. The molecule has 1 aromatic carbocycles. The van der Waals surface area contributed by atoms with E-state index < -0.39 is 0 Å². The Morgan fingerprint density at radius 3 is 2.86 bits per heavy atom. The second kappa shape index (κ2) is 6.11. The van der Waals surface area contributed by atoms with Gasteiger partial charge in [0.05, 0.1) is 0 Å². The lowest BCUT2D eigenvalue weighted by Crippen LogP contribution is -1.96. The Balaban J connectivity index is 1.72. The van der Waals surface area contributed by atoms with E-state index in [4.69, 9.17) is 32.5 Å². The van der Waals surface area contributed by atoms with Gasteiger partial charge in [0.1, 0.15) is 0 Å². The van der Waals surface area contributed by atoms with Crippen LogP contribution in [0.4, 0.5) is 0 Å². The van der Waals surface area contributed by atoms with Crippen molar-refractivity contribution in [3.63, 3.8) is 0 Å². The summed E-state index contributed by atoms with van der Waals surface area (Å²) in [5, 5.41) is 4.78. The SMILES string of the molecule is Clc1cccc(-c2noc(COc3cccnc3Cl)n2)c1. The van der Waals surface area contributed by atoms with Crippen molar-refractivity contribution in [3.05, 3.63) is 58.7 Å². The quantitative estimate of drug-likeness (QED) is 0.679. The van der Waals surface area contributed by atoms with Gasteiger partial charge in [0.25, 0.3) is 5.89 Å². The molecule has 2 aromatic heterocycles. The first kappa shape index (κ1) is 13.9. The summed E-state index contributed by atoms with van der Waals surface area (Å²) >= 11 is 11.8. The Labute approximate surface area is 130 Å². The smallest absolute Gasteiger partial charge is 0.264 e. The van der Waals surface area contributed by atoms with Gasteiger partial charge < -0.3 is 9.26 Å². The van der Waals surface area contributed by atoms with Gasteiger partial charge in [-0.05, 0) is 24.3 Å². The Bertz CT molecular complexity index is 761. The molecule has 21 heavy (non-hydrogen) atoms. The third-order valence-corrected chi connectivity index (χ3v) is 3.15. The molecule has 0 N–H and O–H groups in total. The van der Waals surface area contributed by atoms with E-state index >= 15 is 0 Å². The van der Waals surface area contributed by atoms with Gasteiger partial charge in [0.2, 0.25) is 5.82 Å². The number of ether oxygens (including phenoxy) is 1. The van der Waals surface area contributed by atoms with Crippen LogP contribution in [0.2, 0.25) is 10.2 Å². The number of hydrogen-bond acceptors (Lipinski definition) is 5. The molecule has 0 unspecified atom stereocenters. The van der Waals surface area contributed by atoms with Crippen LogP contribution < -0.4 is 4.74 Å². The molecule has 3 rings (SSSR count). The lowest BCUT2D eigenvalue weighted by atomic mass is 10.2. The number of nitrogens with zero attached hydrogens (tertiary/aromatic N) is 3.